The van der Waals surface area contributed by atoms with Crippen LogP contribution in [0.15, 0.2) is 40.6 Å². The van der Waals surface area contributed by atoms with E-state index < -0.39 is 12.1 Å². The number of carbonyl (C=O) groups is 1. The number of nitrogens with zero attached hydrogens (tertiary/aromatic N) is 2. The summed E-state index contributed by atoms with van der Waals surface area (Å²) >= 11 is 0. The standard InChI is InChI=1S/C14H19N3O2.C2HF3O2/c1-14(16-17-14)7-8-15-12-9-18-10-13(12)19-11-5-3-2-4-6-11;3-2(4,5)1(6)7/h2-6,12-13,15H,7-10H2,1H3;(H,6,7)/t12-,13+;/m1./s1. The summed E-state index contributed by atoms with van der Waals surface area (Å²) in [4.78, 5) is 8.90. The average Bonchev–Trinajstić information content (AvgIpc) is 3.14. The lowest BCUT2D eigenvalue weighted by Gasteiger charge is -2.20. The van der Waals surface area contributed by atoms with Crippen LogP contribution in [0, 0.1) is 0 Å². The number of aliphatic carboxylic acids is 1. The highest BCUT2D eigenvalue weighted by atomic mass is 19.4. The number of ether oxygens (including phenoxy) is 2. The molecule has 10 heteroatoms. The second kappa shape index (κ2) is 8.45. The van der Waals surface area contributed by atoms with Crippen LogP contribution in [0.2, 0.25) is 0 Å². The van der Waals surface area contributed by atoms with E-state index in [1.807, 2.05) is 37.3 Å². The molecule has 1 aromatic rings. The second-order valence-electron chi connectivity index (χ2n) is 6.04. The second-order valence-corrected chi connectivity index (χ2v) is 6.04. The van der Waals surface area contributed by atoms with E-state index in [1.165, 1.54) is 0 Å². The molecule has 2 N–H and O–H groups in total. The number of hydrogen-bond acceptors (Lipinski definition) is 6. The van der Waals surface area contributed by atoms with Crippen LogP contribution in [0.1, 0.15) is 13.3 Å². The minimum absolute atomic E-state index is 0.0725. The first-order valence-corrected chi connectivity index (χ1v) is 7.97. The van der Waals surface area contributed by atoms with Crippen molar-refractivity contribution >= 4 is 5.97 Å². The summed E-state index contributed by atoms with van der Waals surface area (Å²) in [5.74, 6) is -1.86. The Morgan fingerprint density at radius 3 is 2.50 bits per heavy atom. The van der Waals surface area contributed by atoms with Gasteiger partial charge >= 0.3 is 12.1 Å². The zero-order valence-corrected chi connectivity index (χ0v) is 14.1. The lowest BCUT2D eigenvalue weighted by atomic mass is 10.1. The molecule has 0 amide bonds. The summed E-state index contributed by atoms with van der Waals surface area (Å²) in [7, 11) is 0. The molecule has 0 spiro atoms. The maximum absolute atomic E-state index is 10.6. The van der Waals surface area contributed by atoms with E-state index in [1.54, 1.807) is 0 Å². The molecule has 3 rings (SSSR count). The first-order chi connectivity index (χ1) is 12.2. The summed E-state index contributed by atoms with van der Waals surface area (Å²) in [6.07, 6.45) is -4.08. The molecule has 0 saturated carbocycles. The van der Waals surface area contributed by atoms with Crippen LogP contribution < -0.4 is 10.1 Å². The van der Waals surface area contributed by atoms with Gasteiger partial charge in [-0.1, -0.05) is 18.2 Å². The molecule has 0 radical (unpaired) electrons. The number of halogens is 3. The topological polar surface area (TPSA) is 92.5 Å². The molecule has 144 valence electrons. The van der Waals surface area contributed by atoms with Crippen LogP contribution >= 0.6 is 0 Å². The highest BCUT2D eigenvalue weighted by Crippen LogP contribution is 2.30. The van der Waals surface area contributed by atoms with Crippen LogP contribution in [0.25, 0.3) is 0 Å². The van der Waals surface area contributed by atoms with Crippen molar-refractivity contribution < 1.29 is 32.5 Å². The minimum atomic E-state index is -5.08. The van der Waals surface area contributed by atoms with Gasteiger partial charge in [-0.2, -0.15) is 23.4 Å². The highest BCUT2D eigenvalue weighted by Gasteiger charge is 2.38. The SMILES string of the molecule is CC1(CCN[C@@H]2COC[C@@H]2Oc2ccccc2)N=N1.O=C(O)C(F)(F)F. The number of nitrogens with one attached hydrogen (secondary N) is 1. The van der Waals surface area contributed by atoms with Gasteiger partial charge in [0, 0.05) is 6.42 Å². The third kappa shape index (κ3) is 6.60. The van der Waals surface area contributed by atoms with E-state index in [4.69, 9.17) is 19.4 Å². The highest BCUT2D eigenvalue weighted by molar-refractivity contribution is 5.73. The monoisotopic (exact) mass is 375 g/mol. The fourth-order valence-electron chi connectivity index (χ4n) is 2.19. The summed E-state index contributed by atoms with van der Waals surface area (Å²) in [5.41, 5.74) is -0.137. The summed E-state index contributed by atoms with van der Waals surface area (Å²) in [6, 6.07) is 10.1. The van der Waals surface area contributed by atoms with Gasteiger partial charge in [-0.3, -0.25) is 0 Å². The van der Waals surface area contributed by atoms with Crippen molar-refractivity contribution in [2.45, 2.75) is 37.3 Å². The molecule has 2 heterocycles. The fourth-order valence-corrected chi connectivity index (χ4v) is 2.19. The Kier molecular flexibility index (Phi) is 6.54. The van der Waals surface area contributed by atoms with Crippen LogP contribution in [-0.2, 0) is 9.53 Å². The zero-order chi connectivity index (χ0) is 19.2. The Hall–Kier alpha value is -2.20. The maximum atomic E-state index is 10.6. The van der Waals surface area contributed by atoms with E-state index in [9.17, 15) is 13.2 Å². The number of rotatable bonds is 6. The van der Waals surface area contributed by atoms with Crippen molar-refractivity contribution in [2.24, 2.45) is 10.2 Å². The van der Waals surface area contributed by atoms with E-state index >= 15 is 0 Å². The van der Waals surface area contributed by atoms with E-state index in [0.717, 1.165) is 18.7 Å². The number of para-hydroxylation sites is 1. The third-order valence-electron chi connectivity index (χ3n) is 3.75. The van der Waals surface area contributed by atoms with Gasteiger partial charge < -0.3 is 19.9 Å². The third-order valence-corrected chi connectivity index (χ3v) is 3.75. The molecule has 26 heavy (non-hydrogen) atoms. The van der Waals surface area contributed by atoms with Crippen LogP contribution in [0.3, 0.4) is 0 Å². The van der Waals surface area contributed by atoms with E-state index in [-0.39, 0.29) is 17.8 Å². The number of hydrogen-bond donors (Lipinski definition) is 2. The predicted molar refractivity (Wildman–Crippen MR) is 85.0 cm³/mol. The number of alkyl halides is 3. The summed E-state index contributed by atoms with van der Waals surface area (Å²) in [6.45, 7) is 4.25. The number of carboxylic acids is 1. The molecule has 0 bridgehead atoms. The molecule has 1 fully saturated rings. The average molecular weight is 375 g/mol. The van der Waals surface area contributed by atoms with Crippen molar-refractivity contribution in [3.05, 3.63) is 30.3 Å². The molecular formula is C16H20F3N3O4. The molecule has 0 aliphatic carbocycles. The van der Waals surface area contributed by atoms with Crippen LogP contribution in [-0.4, -0.2) is 54.8 Å². The van der Waals surface area contributed by atoms with Gasteiger partial charge in [0.15, 0.2) is 5.66 Å². The van der Waals surface area contributed by atoms with Crippen molar-refractivity contribution in [3.8, 4) is 5.75 Å². The van der Waals surface area contributed by atoms with Crippen molar-refractivity contribution in [1.29, 1.82) is 0 Å². The largest absolute Gasteiger partial charge is 0.490 e. The van der Waals surface area contributed by atoms with E-state index in [0.29, 0.717) is 13.2 Å². The lowest BCUT2D eigenvalue weighted by molar-refractivity contribution is -0.192. The number of benzene rings is 1. The maximum Gasteiger partial charge on any atom is 0.490 e. The fraction of sp³-hybridized carbons (Fsp3) is 0.562. The van der Waals surface area contributed by atoms with Gasteiger partial charge in [-0.25, -0.2) is 4.79 Å². The number of carboxylic acid groups (broad SMARTS) is 1. The molecule has 7 nitrogen and oxygen atoms in total. The first-order valence-electron chi connectivity index (χ1n) is 7.97. The van der Waals surface area contributed by atoms with Gasteiger partial charge in [-0.05, 0) is 25.6 Å². The summed E-state index contributed by atoms with van der Waals surface area (Å²) < 4.78 is 43.2. The lowest BCUT2D eigenvalue weighted by Crippen LogP contribution is -2.43. The Morgan fingerprint density at radius 1 is 1.35 bits per heavy atom. The van der Waals surface area contributed by atoms with Gasteiger partial charge in [0.1, 0.15) is 11.9 Å². The molecule has 0 aromatic heterocycles. The molecule has 1 saturated heterocycles. The molecule has 2 aliphatic heterocycles. The zero-order valence-electron chi connectivity index (χ0n) is 14.1. The van der Waals surface area contributed by atoms with Crippen molar-refractivity contribution in [3.63, 3.8) is 0 Å². The quantitative estimate of drug-likeness (QED) is 0.797. The molecule has 1 aromatic carbocycles. The summed E-state index contributed by atoms with van der Waals surface area (Å²) in [5, 5.41) is 18.6. The smallest absolute Gasteiger partial charge is 0.486 e. The van der Waals surface area contributed by atoms with Gasteiger partial charge in [-0.15, -0.1) is 0 Å². The normalized spacial score (nSPS) is 23.1. The van der Waals surface area contributed by atoms with Gasteiger partial charge in [0.05, 0.1) is 19.3 Å². The Morgan fingerprint density at radius 2 is 1.96 bits per heavy atom. The molecule has 2 atom stereocenters. The van der Waals surface area contributed by atoms with Crippen molar-refractivity contribution in [2.75, 3.05) is 19.8 Å². The van der Waals surface area contributed by atoms with E-state index in [2.05, 4.69) is 15.5 Å². The molecule has 2 aliphatic rings. The van der Waals surface area contributed by atoms with Crippen LogP contribution in [0.4, 0.5) is 13.2 Å². The Labute approximate surface area is 148 Å². The minimum Gasteiger partial charge on any atom is -0.486 e. The molecular weight excluding hydrogens is 355 g/mol. The predicted octanol–water partition coefficient (Wildman–Crippen LogP) is 2.63. The van der Waals surface area contributed by atoms with Crippen molar-refractivity contribution in [1.82, 2.24) is 5.32 Å². The Balaban J connectivity index is 0.000000298. The van der Waals surface area contributed by atoms with Crippen LogP contribution in [0.5, 0.6) is 5.75 Å². The Bertz CT molecular complexity index is 619. The first kappa shape index (κ1) is 20.1. The van der Waals surface area contributed by atoms with Gasteiger partial charge in [0.25, 0.3) is 0 Å². The van der Waals surface area contributed by atoms with Gasteiger partial charge in [0.2, 0.25) is 0 Å². The molecule has 0 unspecified atom stereocenters.